The van der Waals surface area contributed by atoms with E-state index in [1.165, 1.54) is 0 Å². The third-order valence-electron chi connectivity index (χ3n) is 3.42. The molecule has 0 spiro atoms. The van der Waals surface area contributed by atoms with Crippen molar-refractivity contribution in [3.63, 3.8) is 0 Å². The molecule has 1 saturated heterocycles. The van der Waals surface area contributed by atoms with Crippen LogP contribution in [0.2, 0.25) is 0 Å². The van der Waals surface area contributed by atoms with E-state index in [-0.39, 0.29) is 17.9 Å². The Hall–Kier alpha value is -1.92. The molecular formula is C15H21N3O3. The molecular weight excluding hydrogens is 270 g/mol. The van der Waals surface area contributed by atoms with Crippen LogP contribution in [-0.2, 0) is 14.3 Å². The summed E-state index contributed by atoms with van der Waals surface area (Å²) in [5.41, 5.74) is 6.91. The molecule has 6 heteroatoms. The van der Waals surface area contributed by atoms with Gasteiger partial charge < -0.3 is 21.1 Å². The average Bonchev–Trinajstić information content (AvgIpc) is 2.98. The van der Waals surface area contributed by atoms with E-state index < -0.39 is 6.10 Å². The molecule has 2 atom stereocenters. The second-order valence-electron chi connectivity index (χ2n) is 5.03. The highest BCUT2D eigenvalue weighted by Crippen LogP contribution is 2.21. The van der Waals surface area contributed by atoms with Gasteiger partial charge in [-0.3, -0.25) is 9.59 Å². The summed E-state index contributed by atoms with van der Waals surface area (Å²) in [6, 6.07) is 7.00. The number of anilines is 2. The Morgan fingerprint density at radius 2 is 1.81 bits per heavy atom. The summed E-state index contributed by atoms with van der Waals surface area (Å²) < 4.78 is 5.54. The molecule has 1 aliphatic rings. The van der Waals surface area contributed by atoms with Crippen molar-refractivity contribution in [2.24, 2.45) is 5.73 Å². The first-order chi connectivity index (χ1) is 10.1. The fourth-order valence-electron chi connectivity index (χ4n) is 2.18. The predicted octanol–water partition coefficient (Wildman–Crippen LogP) is 1.48. The van der Waals surface area contributed by atoms with Crippen LogP contribution < -0.4 is 16.4 Å². The third-order valence-corrected chi connectivity index (χ3v) is 3.42. The van der Waals surface area contributed by atoms with Crippen molar-refractivity contribution in [3.8, 4) is 0 Å². The van der Waals surface area contributed by atoms with Crippen molar-refractivity contribution in [1.82, 2.24) is 0 Å². The number of rotatable bonds is 5. The van der Waals surface area contributed by atoms with E-state index >= 15 is 0 Å². The van der Waals surface area contributed by atoms with Crippen molar-refractivity contribution < 1.29 is 14.3 Å². The molecule has 2 rings (SSSR count). The first-order valence-electron chi connectivity index (χ1n) is 7.18. The molecule has 0 saturated carbocycles. The van der Waals surface area contributed by atoms with Crippen LogP contribution in [0.1, 0.15) is 26.2 Å². The normalized spacial score (nSPS) is 21.0. The Bertz CT molecular complexity index is 501. The average molecular weight is 291 g/mol. The van der Waals surface area contributed by atoms with Gasteiger partial charge >= 0.3 is 0 Å². The molecule has 1 heterocycles. The smallest absolute Gasteiger partial charge is 0.253 e. The van der Waals surface area contributed by atoms with Gasteiger partial charge in [-0.2, -0.15) is 0 Å². The molecule has 0 aromatic heterocycles. The van der Waals surface area contributed by atoms with Crippen molar-refractivity contribution in [2.45, 2.75) is 38.4 Å². The number of ether oxygens (including phenoxy) is 1. The summed E-state index contributed by atoms with van der Waals surface area (Å²) in [7, 11) is 0. The largest absolute Gasteiger partial charge is 0.364 e. The number of hydrogen-bond acceptors (Lipinski definition) is 4. The quantitative estimate of drug-likeness (QED) is 0.766. The zero-order valence-electron chi connectivity index (χ0n) is 12.1. The Kier molecular flexibility index (Phi) is 5.30. The standard InChI is InChI=1S/C15H21N3O3/c1-2-14(19)17-10-3-5-11(6-4-10)18-15(20)13-8-7-12(9-16)21-13/h3-6,12-13H,2,7-9,16H2,1H3,(H,17,19)(H,18,20)/t12-,13+/m1/s1. The highest BCUT2D eigenvalue weighted by Gasteiger charge is 2.29. The SMILES string of the molecule is CCC(=O)Nc1ccc(NC(=O)[C@@H]2CC[C@H](CN)O2)cc1. The van der Waals surface area contributed by atoms with E-state index in [4.69, 9.17) is 10.5 Å². The lowest BCUT2D eigenvalue weighted by Crippen LogP contribution is -2.29. The second kappa shape index (κ2) is 7.19. The summed E-state index contributed by atoms with van der Waals surface area (Å²) in [6.45, 7) is 2.23. The van der Waals surface area contributed by atoms with Crippen molar-refractivity contribution >= 4 is 23.2 Å². The Labute approximate surface area is 124 Å². The molecule has 0 radical (unpaired) electrons. The van der Waals surface area contributed by atoms with E-state index in [1.807, 2.05) is 0 Å². The Morgan fingerprint density at radius 1 is 1.19 bits per heavy atom. The lowest BCUT2D eigenvalue weighted by atomic mass is 10.2. The highest BCUT2D eigenvalue weighted by molar-refractivity contribution is 5.95. The van der Waals surface area contributed by atoms with Crippen LogP contribution in [0.5, 0.6) is 0 Å². The van der Waals surface area contributed by atoms with Crippen LogP contribution >= 0.6 is 0 Å². The summed E-state index contributed by atoms with van der Waals surface area (Å²) in [6.07, 6.45) is 1.49. The van der Waals surface area contributed by atoms with E-state index in [2.05, 4.69) is 10.6 Å². The fraction of sp³-hybridized carbons (Fsp3) is 0.467. The molecule has 0 unspecified atom stereocenters. The maximum atomic E-state index is 12.0. The topological polar surface area (TPSA) is 93.5 Å². The minimum absolute atomic E-state index is 0.0209. The third kappa shape index (κ3) is 4.27. The summed E-state index contributed by atoms with van der Waals surface area (Å²) in [5, 5.41) is 5.56. The molecule has 2 amide bonds. The van der Waals surface area contributed by atoms with E-state index in [0.29, 0.717) is 30.8 Å². The number of carbonyl (C=O) groups is 2. The van der Waals surface area contributed by atoms with Gasteiger partial charge in [-0.05, 0) is 37.1 Å². The first-order valence-corrected chi connectivity index (χ1v) is 7.18. The number of hydrogen-bond donors (Lipinski definition) is 3. The Balaban J connectivity index is 1.88. The molecule has 6 nitrogen and oxygen atoms in total. The zero-order chi connectivity index (χ0) is 15.2. The number of amides is 2. The predicted molar refractivity (Wildman–Crippen MR) is 80.9 cm³/mol. The van der Waals surface area contributed by atoms with Crippen LogP contribution in [0.3, 0.4) is 0 Å². The van der Waals surface area contributed by atoms with Gasteiger partial charge in [-0.1, -0.05) is 6.92 Å². The molecule has 1 aromatic rings. The Morgan fingerprint density at radius 3 is 2.33 bits per heavy atom. The summed E-state index contributed by atoms with van der Waals surface area (Å²) in [5.74, 6) is -0.199. The van der Waals surface area contributed by atoms with E-state index in [0.717, 1.165) is 6.42 Å². The number of nitrogens with one attached hydrogen (secondary N) is 2. The van der Waals surface area contributed by atoms with Gasteiger partial charge in [-0.15, -0.1) is 0 Å². The van der Waals surface area contributed by atoms with Crippen molar-refractivity contribution in [3.05, 3.63) is 24.3 Å². The van der Waals surface area contributed by atoms with Gasteiger partial charge in [0.2, 0.25) is 5.91 Å². The van der Waals surface area contributed by atoms with Gasteiger partial charge in [0, 0.05) is 24.3 Å². The van der Waals surface area contributed by atoms with Crippen molar-refractivity contribution in [1.29, 1.82) is 0 Å². The van der Waals surface area contributed by atoms with Crippen LogP contribution in [-0.4, -0.2) is 30.6 Å². The lowest BCUT2D eigenvalue weighted by molar-refractivity contribution is -0.126. The molecule has 1 aliphatic heterocycles. The van der Waals surface area contributed by atoms with Gasteiger partial charge in [0.05, 0.1) is 6.10 Å². The van der Waals surface area contributed by atoms with E-state index in [9.17, 15) is 9.59 Å². The van der Waals surface area contributed by atoms with Crippen LogP contribution in [0.15, 0.2) is 24.3 Å². The van der Waals surface area contributed by atoms with Gasteiger partial charge in [0.25, 0.3) is 5.91 Å². The number of benzene rings is 1. The monoisotopic (exact) mass is 291 g/mol. The first kappa shape index (κ1) is 15.5. The number of carbonyl (C=O) groups excluding carboxylic acids is 2. The van der Waals surface area contributed by atoms with Crippen LogP contribution in [0, 0.1) is 0 Å². The second-order valence-corrected chi connectivity index (χ2v) is 5.03. The fourth-order valence-corrected chi connectivity index (χ4v) is 2.18. The minimum Gasteiger partial charge on any atom is -0.364 e. The lowest BCUT2D eigenvalue weighted by Gasteiger charge is -2.13. The van der Waals surface area contributed by atoms with Gasteiger partial charge in [0.1, 0.15) is 6.10 Å². The van der Waals surface area contributed by atoms with Gasteiger partial charge in [0.15, 0.2) is 0 Å². The molecule has 0 aliphatic carbocycles. The molecule has 0 bridgehead atoms. The molecule has 1 fully saturated rings. The minimum atomic E-state index is -0.432. The highest BCUT2D eigenvalue weighted by atomic mass is 16.5. The molecule has 114 valence electrons. The van der Waals surface area contributed by atoms with E-state index in [1.54, 1.807) is 31.2 Å². The maximum absolute atomic E-state index is 12.0. The molecule has 4 N–H and O–H groups in total. The van der Waals surface area contributed by atoms with Gasteiger partial charge in [-0.25, -0.2) is 0 Å². The van der Waals surface area contributed by atoms with Crippen LogP contribution in [0.4, 0.5) is 11.4 Å². The van der Waals surface area contributed by atoms with Crippen molar-refractivity contribution in [2.75, 3.05) is 17.2 Å². The maximum Gasteiger partial charge on any atom is 0.253 e. The number of nitrogens with two attached hydrogens (primary N) is 1. The summed E-state index contributed by atoms with van der Waals surface area (Å²) in [4.78, 5) is 23.3. The summed E-state index contributed by atoms with van der Waals surface area (Å²) >= 11 is 0. The molecule has 21 heavy (non-hydrogen) atoms. The zero-order valence-corrected chi connectivity index (χ0v) is 12.1. The molecule has 1 aromatic carbocycles. The van der Waals surface area contributed by atoms with Crippen LogP contribution in [0.25, 0.3) is 0 Å².